The third-order valence-electron chi connectivity index (χ3n) is 6.42. The Morgan fingerprint density at radius 2 is 1.69 bits per heavy atom. The Bertz CT molecular complexity index is 1320. The summed E-state index contributed by atoms with van der Waals surface area (Å²) in [6, 6.07) is 19.7. The van der Waals surface area contributed by atoms with E-state index in [1.165, 1.54) is 35.0 Å². The Kier molecular flexibility index (Phi) is 8.18. The molecule has 1 heterocycles. The molecule has 1 aliphatic rings. The van der Waals surface area contributed by atoms with Crippen LogP contribution in [0.4, 0.5) is 5.69 Å². The smallest absolute Gasteiger partial charge is 0.260 e. The summed E-state index contributed by atoms with van der Waals surface area (Å²) in [6.07, 6.45) is 0. The third-order valence-corrected chi connectivity index (χ3v) is 8.12. The maximum absolute atomic E-state index is 12.7. The van der Waals surface area contributed by atoms with Crippen molar-refractivity contribution < 1.29 is 17.9 Å². The molecule has 3 aromatic carbocycles. The SMILES string of the molecule is Cc1cccc(N2CCN(C(=O)COc3ccc(S(=O)(=O)NCc4ccccc4)cc3Cl)CC2)c1C. The number of rotatable bonds is 8. The van der Waals surface area contributed by atoms with Crippen LogP contribution in [-0.2, 0) is 21.4 Å². The zero-order chi connectivity index (χ0) is 25.7. The van der Waals surface area contributed by atoms with E-state index in [1.807, 2.05) is 30.3 Å². The summed E-state index contributed by atoms with van der Waals surface area (Å²) in [5.41, 5.74) is 4.57. The molecule has 0 saturated carbocycles. The number of halogens is 1. The fraction of sp³-hybridized carbons (Fsp3) is 0.296. The summed E-state index contributed by atoms with van der Waals surface area (Å²) in [6.45, 7) is 6.94. The van der Waals surface area contributed by atoms with Crippen molar-refractivity contribution >= 4 is 33.2 Å². The molecule has 9 heteroatoms. The molecule has 1 fully saturated rings. The molecule has 0 spiro atoms. The number of benzene rings is 3. The molecule has 0 aliphatic carbocycles. The molecule has 3 aromatic rings. The predicted molar refractivity (Wildman–Crippen MR) is 142 cm³/mol. The lowest BCUT2D eigenvalue weighted by Gasteiger charge is -2.37. The topological polar surface area (TPSA) is 79.0 Å². The zero-order valence-corrected chi connectivity index (χ0v) is 22.0. The summed E-state index contributed by atoms with van der Waals surface area (Å²) >= 11 is 6.29. The Labute approximate surface area is 217 Å². The van der Waals surface area contributed by atoms with Gasteiger partial charge in [0.05, 0.1) is 9.92 Å². The molecule has 1 saturated heterocycles. The van der Waals surface area contributed by atoms with Gasteiger partial charge in [-0.3, -0.25) is 4.79 Å². The summed E-state index contributed by atoms with van der Waals surface area (Å²) in [5.74, 6) is 0.133. The van der Waals surface area contributed by atoms with Gasteiger partial charge < -0.3 is 14.5 Å². The average Bonchev–Trinajstić information content (AvgIpc) is 2.89. The molecule has 7 nitrogen and oxygen atoms in total. The van der Waals surface area contributed by atoms with E-state index in [0.29, 0.717) is 13.1 Å². The van der Waals surface area contributed by atoms with Crippen molar-refractivity contribution in [3.05, 3.63) is 88.4 Å². The molecule has 1 N–H and O–H groups in total. The number of carbonyl (C=O) groups is 1. The maximum Gasteiger partial charge on any atom is 0.260 e. The van der Waals surface area contributed by atoms with Crippen molar-refractivity contribution in [1.29, 1.82) is 0 Å². The molecule has 4 rings (SSSR count). The number of amides is 1. The molecular weight excluding hydrogens is 498 g/mol. The minimum Gasteiger partial charge on any atom is -0.482 e. The van der Waals surface area contributed by atoms with Gasteiger partial charge >= 0.3 is 0 Å². The van der Waals surface area contributed by atoms with Crippen LogP contribution in [0.5, 0.6) is 5.75 Å². The van der Waals surface area contributed by atoms with Gasteiger partial charge in [0.25, 0.3) is 5.91 Å². The molecule has 1 aliphatic heterocycles. The number of piperazine rings is 1. The summed E-state index contributed by atoms with van der Waals surface area (Å²) in [5, 5.41) is 0.130. The normalized spacial score (nSPS) is 14.1. The van der Waals surface area contributed by atoms with Crippen LogP contribution < -0.4 is 14.4 Å². The summed E-state index contributed by atoms with van der Waals surface area (Å²) in [4.78, 5) is 16.8. The minimum atomic E-state index is -3.75. The van der Waals surface area contributed by atoms with Crippen molar-refractivity contribution in [2.45, 2.75) is 25.3 Å². The first kappa shape index (κ1) is 26.0. The second-order valence-corrected chi connectivity index (χ2v) is 11.0. The largest absolute Gasteiger partial charge is 0.482 e. The van der Waals surface area contributed by atoms with Gasteiger partial charge in [-0.15, -0.1) is 0 Å². The summed E-state index contributed by atoms with van der Waals surface area (Å²) < 4.78 is 33.5. The molecule has 1 amide bonds. The Hall–Kier alpha value is -3.07. The van der Waals surface area contributed by atoms with E-state index in [2.05, 4.69) is 41.7 Å². The van der Waals surface area contributed by atoms with Gasteiger partial charge in [0.1, 0.15) is 5.75 Å². The first-order chi connectivity index (χ1) is 17.2. The van der Waals surface area contributed by atoms with E-state index in [-0.39, 0.29) is 34.7 Å². The number of hydrogen-bond donors (Lipinski definition) is 1. The Morgan fingerprint density at radius 3 is 2.39 bits per heavy atom. The highest BCUT2D eigenvalue weighted by molar-refractivity contribution is 7.89. The third kappa shape index (κ3) is 6.19. The molecule has 0 unspecified atom stereocenters. The lowest BCUT2D eigenvalue weighted by molar-refractivity contribution is -0.133. The quantitative estimate of drug-likeness (QED) is 0.476. The van der Waals surface area contributed by atoms with E-state index < -0.39 is 10.0 Å². The van der Waals surface area contributed by atoms with E-state index in [0.717, 1.165) is 18.7 Å². The standard InChI is InChI=1S/C27H30ClN3O4S/c1-20-7-6-10-25(21(20)2)30-13-15-31(16-14-30)27(32)19-35-26-12-11-23(17-24(26)28)36(33,34)29-18-22-8-4-3-5-9-22/h3-12,17,29H,13-16,18-19H2,1-2H3. The predicted octanol–water partition coefficient (Wildman–Crippen LogP) is 4.16. The number of carbonyl (C=O) groups excluding carboxylic acids is 1. The molecule has 0 bridgehead atoms. The van der Waals surface area contributed by atoms with Crippen LogP contribution in [0.15, 0.2) is 71.6 Å². The lowest BCUT2D eigenvalue weighted by Crippen LogP contribution is -2.50. The van der Waals surface area contributed by atoms with E-state index in [4.69, 9.17) is 16.3 Å². The summed E-state index contributed by atoms with van der Waals surface area (Å²) in [7, 11) is -3.75. The van der Waals surface area contributed by atoms with E-state index in [1.54, 1.807) is 4.90 Å². The van der Waals surface area contributed by atoms with Gasteiger partial charge in [-0.25, -0.2) is 13.1 Å². The molecule has 36 heavy (non-hydrogen) atoms. The van der Waals surface area contributed by atoms with Gasteiger partial charge in [0.2, 0.25) is 10.0 Å². The molecule has 0 atom stereocenters. The van der Waals surface area contributed by atoms with Crippen LogP contribution in [0.1, 0.15) is 16.7 Å². The highest BCUT2D eigenvalue weighted by Gasteiger charge is 2.23. The number of ether oxygens (including phenoxy) is 1. The molecule has 190 valence electrons. The van der Waals surface area contributed by atoms with Gasteiger partial charge in [0, 0.05) is 38.4 Å². The zero-order valence-electron chi connectivity index (χ0n) is 20.4. The second kappa shape index (κ2) is 11.3. The van der Waals surface area contributed by atoms with Gasteiger partial charge in [0.15, 0.2) is 6.61 Å². The maximum atomic E-state index is 12.7. The Balaban J connectivity index is 1.30. The molecule has 0 radical (unpaired) electrons. The molecular formula is C27H30ClN3O4S. The van der Waals surface area contributed by atoms with Crippen LogP contribution in [0.2, 0.25) is 5.02 Å². The monoisotopic (exact) mass is 527 g/mol. The van der Waals surface area contributed by atoms with E-state index >= 15 is 0 Å². The Morgan fingerprint density at radius 1 is 0.972 bits per heavy atom. The highest BCUT2D eigenvalue weighted by atomic mass is 35.5. The van der Waals surface area contributed by atoms with Gasteiger partial charge in [-0.2, -0.15) is 0 Å². The number of nitrogens with one attached hydrogen (secondary N) is 1. The number of anilines is 1. The van der Waals surface area contributed by atoms with Crippen LogP contribution in [-0.4, -0.2) is 52.0 Å². The fourth-order valence-electron chi connectivity index (χ4n) is 4.13. The average molecular weight is 528 g/mol. The van der Waals surface area contributed by atoms with E-state index in [9.17, 15) is 13.2 Å². The first-order valence-electron chi connectivity index (χ1n) is 11.8. The number of hydrogen-bond acceptors (Lipinski definition) is 5. The van der Waals surface area contributed by atoms with Crippen molar-refractivity contribution in [1.82, 2.24) is 9.62 Å². The minimum absolute atomic E-state index is 0.0321. The van der Waals surface area contributed by atoms with Crippen molar-refractivity contribution in [2.75, 3.05) is 37.7 Å². The number of aryl methyl sites for hydroxylation is 1. The van der Waals surface area contributed by atoms with Gasteiger partial charge in [-0.1, -0.05) is 54.1 Å². The lowest BCUT2D eigenvalue weighted by atomic mass is 10.1. The highest BCUT2D eigenvalue weighted by Crippen LogP contribution is 2.28. The second-order valence-electron chi connectivity index (χ2n) is 8.78. The number of sulfonamides is 1. The van der Waals surface area contributed by atoms with Crippen LogP contribution >= 0.6 is 11.6 Å². The number of nitrogens with zero attached hydrogens (tertiary/aromatic N) is 2. The van der Waals surface area contributed by atoms with Crippen molar-refractivity contribution in [2.24, 2.45) is 0 Å². The van der Waals surface area contributed by atoms with Crippen LogP contribution in [0.25, 0.3) is 0 Å². The van der Waals surface area contributed by atoms with Gasteiger partial charge in [-0.05, 0) is 54.8 Å². The van der Waals surface area contributed by atoms with Crippen molar-refractivity contribution in [3.8, 4) is 5.75 Å². The first-order valence-corrected chi connectivity index (χ1v) is 13.7. The molecule has 0 aromatic heterocycles. The fourth-order valence-corrected chi connectivity index (χ4v) is 5.47. The van der Waals surface area contributed by atoms with Crippen LogP contribution in [0, 0.1) is 13.8 Å². The van der Waals surface area contributed by atoms with Crippen LogP contribution in [0.3, 0.4) is 0 Å². The van der Waals surface area contributed by atoms with Crippen molar-refractivity contribution in [3.63, 3.8) is 0 Å².